The zero-order valence-corrected chi connectivity index (χ0v) is 8.32. The van der Waals surface area contributed by atoms with Crippen molar-refractivity contribution >= 4 is 28.9 Å². The lowest BCUT2D eigenvalue weighted by atomic mass is 10.3. The molecule has 0 unspecified atom stereocenters. The largest absolute Gasteiger partial charge is 0.364 e. The van der Waals surface area contributed by atoms with Crippen molar-refractivity contribution in [1.29, 1.82) is 5.26 Å². The Morgan fingerprint density at radius 1 is 1.53 bits per heavy atom. The lowest BCUT2D eigenvalue weighted by Gasteiger charge is -2.01. The Labute approximate surface area is 91.1 Å². The lowest BCUT2D eigenvalue weighted by molar-refractivity contribution is -0.111. The third-order valence-corrected chi connectivity index (χ3v) is 1.83. The summed E-state index contributed by atoms with van der Waals surface area (Å²) in [5.74, 6) is -0.892. The van der Waals surface area contributed by atoms with Crippen LogP contribution in [0.4, 0.5) is 5.69 Å². The number of nitriles is 1. The average Bonchev–Trinajstić information content (AvgIpc) is 2.21. The molecular formula is C9H7ClN4O. The van der Waals surface area contributed by atoms with E-state index in [9.17, 15) is 4.79 Å². The van der Waals surface area contributed by atoms with Crippen LogP contribution in [0.25, 0.3) is 0 Å². The molecule has 0 aliphatic rings. The SMILES string of the molecule is N#C/C(=N/Nc1ccccc1Cl)C(N)=O. The molecule has 76 valence electrons. The molecule has 0 fully saturated rings. The van der Waals surface area contributed by atoms with Crippen LogP contribution in [0, 0.1) is 11.3 Å². The molecule has 0 saturated heterocycles. The predicted octanol–water partition coefficient (Wildman–Crippen LogP) is 1.12. The standard InChI is InChI=1S/C9H7ClN4O/c10-6-3-1-2-4-7(6)13-14-8(5-11)9(12)15/h1-4,13H,(H2,12,15)/b14-8-. The molecule has 1 aromatic rings. The van der Waals surface area contributed by atoms with E-state index < -0.39 is 11.6 Å². The summed E-state index contributed by atoms with van der Waals surface area (Å²) in [6.07, 6.45) is 0. The number of hydrogen-bond donors (Lipinski definition) is 2. The van der Waals surface area contributed by atoms with Gasteiger partial charge >= 0.3 is 0 Å². The first kappa shape index (κ1) is 11.0. The molecule has 0 bridgehead atoms. The van der Waals surface area contributed by atoms with E-state index in [1.54, 1.807) is 30.3 Å². The van der Waals surface area contributed by atoms with Crippen molar-refractivity contribution in [3.05, 3.63) is 29.3 Å². The number of hydrogen-bond acceptors (Lipinski definition) is 4. The van der Waals surface area contributed by atoms with Crippen LogP contribution in [0.2, 0.25) is 5.02 Å². The summed E-state index contributed by atoms with van der Waals surface area (Å²) >= 11 is 5.80. The molecule has 1 rings (SSSR count). The molecule has 0 saturated carbocycles. The van der Waals surface area contributed by atoms with Gasteiger partial charge in [-0.2, -0.15) is 10.4 Å². The second-order valence-corrected chi connectivity index (χ2v) is 2.94. The monoisotopic (exact) mass is 222 g/mol. The molecule has 0 aliphatic heterocycles. The second-order valence-electron chi connectivity index (χ2n) is 2.53. The third kappa shape index (κ3) is 2.97. The zero-order chi connectivity index (χ0) is 11.3. The van der Waals surface area contributed by atoms with E-state index in [0.717, 1.165) is 0 Å². The minimum Gasteiger partial charge on any atom is -0.364 e. The molecule has 5 nitrogen and oxygen atoms in total. The first-order valence-corrected chi connectivity index (χ1v) is 4.31. The Hall–Kier alpha value is -2.06. The summed E-state index contributed by atoms with van der Waals surface area (Å²) in [5.41, 5.74) is 7.45. The number of halogens is 1. The van der Waals surface area contributed by atoms with Gasteiger partial charge in [0, 0.05) is 0 Å². The Kier molecular flexibility index (Phi) is 3.66. The maximum atomic E-state index is 10.6. The number of nitrogens with zero attached hydrogens (tertiary/aromatic N) is 2. The summed E-state index contributed by atoms with van der Waals surface area (Å²) in [4.78, 5) is 10.6. The molecule has 1 amide bonds. The van der Waals surface area contributed by atoms with Crippen molar-refractivity contribution in [1.82, 2.24) is 0 Å². The number of nitrogens with two attached hydrogens (primary N) is 1. The van der Waals surface area contributed by atoms with Gasteiger partial charge in [0.1, 0.15) is 6.07 Å². The fourth-order valence-corrected chi connectivity index (χ4v) is 0.981. The smallest absolute Gasteiger partial charge is 0.280 e. The summed E-state index contributed by atoms with van der Waals surface area (Å²) in [7, 11) is 0. The highest BCUT2D eigenvalue weighted by Crippen LogP contribution is 2.20. The fraction of sp³-hybridized carbons (Fsp3) is 0. The highest BCUT2D eigenvalue weighted by atomic mass is 35.5. The molecule has 0 aliphatic carbocycles. The number of hydrazone groups is 1. The van der Waals surface area contributed by atoms with Gasteiger partial charge in [0.25, 0.3) is 5.91 Å². The van der Waals surface area contributed by atoms with Gasteiger partial charge in [-0.15, -0.1) is 0 Å². The van der Waals surface area contributed by atoms with E-state index in [1.165, 1.54) is 0 Å². The van der Waals surface area contributed by atoms with Gasteiger partial charge in [-0.3, -0.25) is 10.2 Å². The van der Waals surface area contributed by atoms with Gasteiger partial charge < -0.3 is 5.73 Å². The first-order chi connectivity index (χ1) is 7.15. The van der Waals surface area contributed by atoms with Crippen molar-refractivity contribution in [3.63, 3.8) is 0 Å². The Morgan fingerprint density at radius 3 is 2.73 bits per heavy atom. The maximum absolute atomic E-state index is 10.6. The number of para-hydroxylation sites is 1. The number of carbonyl (C=O) groups is 1. The van der Waals surface area contributed by atoms with Crippen molar-refractivity contribution in [2.75, 3.05) is 5.43 Å². The predicted molar refractivity (Wildman–Crippen MR) is 57.3 cm³/mol. The van der Waals surface area contributed by atoms with E-state index in [-0.39, 0.29) is 0 Å². The fourth-order valence-electron chi connectivity index (χ4n) is 0.803. The van der Waals surface area contributed by atoms with Crippen LogP contribution >= 0.6 is 11.6 Å². The molecule has 15 heavy (non-hydrogen) atoms. The molecule has 0 atom stereocenters. The Bertz CT molecular complexity index is 450. The van der Waals surface area contributed by atoms with Gasteiger partial charge in [-0.05, 0) is 12.1 Å². The zero-order valence-electron chi connectivity index (χ0n) is 7.57. The van der Waals surface area contributed by atoms with Crippen molar-refractivity contribution in [2.45, 2.75) is 0 Å². The van der Waals surface area contributed by atoms with E-state index in [2.05, 4.69) is 10.5 Å². The van der Waals surface area contributed by atoms with Crippen LogP contribution in [0.5, 0.6) is 0 Å². The van der Waals surface area contributed by atoms with E-state index >= 15 is 0 Å². The highest BCUT2D eigenvalue weighted by Gasteiger charge is 2.05. The number of benzene rings is 1. The van der Waals surface area contributed by atoms with Gasteiger partial charge in [-0.25, -0.2) is 0 Å². The highest BCUT2D eigenvalue weighted by molar-refractivity contribution is 6.44. The molecule has 3 N–H and O–H groups in total. The van der Waals surface area contributed by atoms with Gasteiger partial charge in [0.15, 0.2) is 0 Å². The van der Waals surface area contributed by atoms with Crippen molar-refractivity contribution in [2.24, 2.45) is 10.8 Å². The normalized spacial score (nSPS) is 10.5. The molecule has 0 spiro atoms. The minimum atomic E-state index is -0.892. The van der Waals surface area contributed by atoms with Crippen LogP contribution in [-0.4, -0.2) is 11.6 Å². The van der Waals surface area contributed by atoms with Gasteiger partial charge in [0.05, 0.1) is 10.7 Å². The van der Waals surface area contributed by atoms with Crippen LogP contribution in [0.1, 0.15) is 0 Å². The average molecular weight is 223 g/mol. The molecule has 0 heterocycles. The van der Waals surface area contributed by atoms with E-state index in [4.69, 9.17) is 22.6 Å². The van der Waals surface area contributed by atoms with Crippen molar-refractivity contribution in [3.8, 4) is 6.07 Å². The van der Waals surface area contributed by atoms with Crippen LogP contribution in [0.15, 0.2) is 29.4 Å². The second kappa shape index (κ2) is 4.98. The first-order valence-electron chi connectivity index (χ1n) is 3.93. The number of carbonyl (C=O) groups excluding carboxylic acids is 1. The maximum Gasteiger partial charge on any atom is 0.280 e. The van der Waals surface area contributed by atoms with E-state index in [1.807, 2.05) is 0 Å². The van der Waals surface area contributed by atoms with E-state index in [0.29, 0.717) is 10.7 Å². The summed E-state index contributed by atoms with van der Waals surface area (Å²) in [5, 5.41) is 12.4. The molecular weight excluding hydrogens is 216 g/mol. The molecule has 6 heteroatoms. The van der Waals surface area contributed by atoms with Crippen molar-refractivity contribution < 1.29 is 4.79 Å². The van der Waals surface area contributed by atoms with Gasteiger partial charge in [-0.1, -0.05) is 23.7 Å². The van der Waals surface area contributed by atoms with Crippen LogP contribution < -0.4 is 11.2 Å². The summed E-state index contributed by atoms with van der Waals surface area (Å²) in [6.45, 7) is 0. The summed E-state index contributed by atoms with van der Waals surface area (Å²) in [6, 6.07) is 8.35. The molecule has 1 aromatic carbocycles. The van der Waals surface area contributed by atoms with Crippen LogP contribution in [-0.2, 0) is 4.79 Å². The molecule has 0 aromatic heterocycles. The Balaban J connectivity index is 2.85. The Morgan fingerprint density at radius 2 is 2.20 bits per heavy atom. The van der Waals surface area contributed by atoms with Gasteiger partial charge in [0.2, 0.25) is 5.71 Å². The third-order valence-electron chi connectivity index (χ3n) is 1.50. The summed E-state index contributed by atoms with van der Waals surface area (Å²) < 4.78 is 0. The number of anilines is 1. The quantitative estimate of drug-likeness (QED) is 0.593. The number of primary amides is 1. The number of nitrogens with one attached hydrogen (secondary N) is 1. The van der Waals surface area contributed by atoms with Crippen LogP contribution in [0.3, 0.4) is 0 Å². The molecule has 0 radical (unpaired) electrons. The number of rotatable bonds is 3. The topological polar surface area (TPSA) is 91.3 Å². The number of amides is 1. The lowest BCUT2D eigenvalue weighted by Crippen LogP contribution is -2.22. The minimum absolute atomic E-state index is 0.407.